The zero-order valence-electron chi connectivity index (χ0n) is 22.8. The number of carbonyl (C=O) groups excluding carboxylic acids is 4. The smallest absolute Gasteiger partial charge is 0.253 e. The first-order valence-electron chi connectivity index (χ1n) is 14.4. The molecule has 39 heavy (non-hydrogen) atoms. The summed E-state index contributed by atoms with van der Waals surface area (Å²) in [6.07, 6.45) is 9.40. The first kappa shape index (κ1) is 28.3. The van der Waals surface area contributed by atoms with E-state index in [2.05, 4.69) is 10.6 Å². The number of nitrogens with one attached hydrogen (secondary N) is 2. The highest BCUT2D eigenvalue weighted by Crippen LogP contribution is 2.19. The summed E-state index contributed by atoms with van der Waals surface area (Å²) < 4.78 is 0. The Labute approximate surface area is 231 Å². The lowest BCUT2D eigenvalue weighted by molar-refractivity contribution is -0.117. The lowest BCUT2D eigenvalue weighted by Crippen LogP contribution is -2.27. The van der Waals surface area contributed by atoms with Crippen LogP contribution in [0.5, 0.6) is 0 Å². The Hall–Kier alpha value is -3.68. The van der Waals surface area contributed by atoms with Crippen LogP contribution in [0.4, 0.5) is 11.4 Å². The van der Waals surface area contributed by atoms with Crippen molar-refractivity contribution in [3.8, 4) is 0 Å². The Morgan fingerprint density at radius 1 is 0.564 bits per heavy atom. The van der Waals surface area contributed by atoms with Gasteiger partial charge in [0.05, 0.1) is 0 Å². The van der Waals surface area contributed by atoms with E-state index in [1.165, 1.54) is 0 Å². The number of carbonyl (C=O) groups is 4. The Morgan fingerprint density at radius 3 is 1.36 bits per heavy atom. The highest BCUT2D eigenvalue weighted by Gasteiger charge is 2.20. The van der Waals surface area contributed by atoms with Crippen LogP contribution in [-0.2, 0) is 9.59 Å². The summed E-state index contributed by atoms with van der Waals surface area (Å²) in [5, 5.41) is 5.82. The lowest BCUT2D eigenvalue weighted by atomic mass is 10.1. The van der Waals surface area contributed by atoms with Crippen LogP contribution in [0.1, 0.15) is 91.3 Å². The summed E-state index contributed by atoms with van der Waals surface area (Å²) in [4.78, 5) is 53.6. The predicted octanol–water partition coefficient (Wildman–Crippen LogP) is 5.47. The maximum absolute atomic E-state index is 12.6. The van der Waals surface area contributed by atoms with Crippen molar-refractivity contribution in [3.63, 3.8) is 0 Å². The molecular formula is C31H40N4O4. The number of anilines is 2. The van der Waals surface area contributed by atoms with Gasteiger partial charge in [-0.05, 0) is 74.9 Å². The summed E-state index contributed by atoms with van der Waals surface area (Å²) in [5.74, 6) is -0.0481. The van der Waals surface area contributed by atoms with Crippen LogP contribution in [0.15, 0.2) is 48.5 Å². The Morgan fingerprint density at radius 2 is 0.949 bits per heavy atom. The van der Waals surface area contributed by atoms with Crippen molar-refractivity contribution in [2.75, 3.05) is 36.8 Å². The molecule has 2 aliphatic rings. The van der Waals surface area contributed by atoms with Gasteiger partial charge in [0.1, 0.15) is 0 Å². The summed E-state index contributed by atoms with van der Waals surface area (Å²) in [6.45, 7) is 3.20. The molecule has 2 saturated heterocycles. The van der Waals surface area contributed by atoms with Crippen molar-refractivity contribution in [2.45, 2.75) is 70.6 Å². The molecule has 4 rings (SSSR count). The fourth-order valence-corrected chi connectivity index (χ4v) is 5.21. The number of rotatable bonds is 12. The predicted molar refractivity (Wildman–Crippen MR) is 153 cm³/mol. The molecule has 4 amide bonds. The number of nitrogens with zero attached hydrogens (tertiary/aromatic N) is 2. The normalized spacial score (nSPS) is 14.9. The van der Waals surface area contributed by atoms with E-state index in [9.17, 15) is 19.2 Å². The third-order valence-corrected chi connectivity index (χ3v) is 7.38. The fraction of sp³-hybridized carbons (Fsp3) is 0.484. The van der Waals surface area contributed by atoms with E-state index in [4.69, 9.17) is 0 Å². The standard InChI is InChI=1S/C31H40N4O4/c36-28(32-26-14-10-12-24(22-26)30(38)34-18-6-7-19-34)16-4-2-1-3-5-17-29(37)33-27-15-11-13-25(23-27)31(39)35-20-8-9-21-35/h10-15,22-23H,1-9,16-21H2,(H,32,36)(H,33,37). The third kappa shape index (κ3) is 8.67. The molecule has 0 atom stereocenters. The number of unbranched alkanes of at least 4 members (excludes halogenated alkanes) is 4. The van der Waals surface area contributed by atoms with Crippen molar-refractivity contribution in [1.82, 2.24) is 9.80 Å². The molecule has 0 bridgehead atoms. The quantitative estimate of drug-likeness (QED) is 0.354. The molecule has 0 saturated carbocycles. The molecule has 8 heteroatoms. The summed E-state index contributed by atoms with van der Waals surface area (Å²) in [5.41, 5.74) is 2.54. The van der Waals surface area contributed by atoms with Crippen LogP contribution in [0.2, 0.25) is 0 Å². The largest absolute Gasteiger partial charge is 0.339 e. The third-order valence-electron chi connectivity index (χ3n) is 7.38. The molecule has 2 N–H and O–H groups in total. The van der Waals surface area contributed by atoms with Gasteiger partial charge < -0.3 is 20.4 Å². The summed E-state index contributed by atoms with van der Waals surface area (Å²) in [6, 6.07) is 14.3. The maximum Gasteiger partial charge on any atom is 0.253 e. The van der Waals surface area contributed by atoms with Gasteiger partial charge in [0.15, 0.2) is 0 Å². The summed E-state index contributed by atoms with van der Waals surface area (Å²) in [7, 11) is 0. The summed E-state index contributed by atoms with van der Waals surface area (Å²) >= 11 is 0. The Kier molecular flexibility index (Phi) is 10.5. The van der Waals surface area contributed by atoms with Gasteiger partial charge in [0, 0.05) is 61.5 Å². The molecule has 2 fully saturated rings. The highest BCUT2D eigenvalue weighted by molar-refractivity contribution is 5.98. The number of likely N-dealkylation sites (tertiary alicyclic amines) is 2. The van der Waals surface area contributed by atoms with Gasteiger partial charge in [0.25, 0.3) is 11.8 Å². The van der Waals surface area contributed by atoms with E-state index < -0.39 is 0 Å². The molecule has 2 heterocycles. The number of benzene rings is 2. The second kappa shape index (κ2) is 14.5. The van der Waals surface area contributed by atoms with Crippen LogP contribution in [0.3, 0.4) is 0 Å². The van der Waals surface area contributed by atoms with Crippen molar-refractivity contribution < 1.29 is 19.2 Å². The Balaban J connectivity index is 1.08. The second-order valence-corrected chi connectivity index (χ2v) is 10.5. The molecule has 0 radical (unpaired) electrons. The SMILES string of the molecule is O=C(CCCCCCCC(=O)Nc1cccc(C(=O)N2CCCC2)c1)Nc1cccc(C(=O)N2CCCC2)c1. The number of amides is 4. The van der Waals surface area contributed by atoms with Gasteiger partial charge in [0.2, 0.25) is 11.8 Å². The maximum atomic E-state index is 12.6. The van der Waals surface area contributed by atoms with E-state index in [-0.39, 0.29) is 23.6 Å². The molecule has 0 aliphatic carbocycles. The molecule has 8 nitrogen and oxygen atoms in total. The van der Waals surface area contributed by atoms with Gasteiger partial charge in [-0.15, -0.1) is 0 Å². The zero-order chi connectivity index (χ0) is 27.5. The van der Waals surface area contributed by atoms with Gasteiger partial charge in [-0.3, -0.25) is 19.2 Å². The van der Waals surface area contributed by atoms with Crippen molar-refractivity contribution in [3.05, 3.63) is 59.7 Å². The number of hydrogen-bond acceptors (Lipinski definition) is 4. The average molecular weight is 533 g/mol. The minimum absolute atomic E-state index is 0.0263. The highest BCUT2D eigenvalue weighted by atomic mass is 16.2. The zero-order valence-corrected chi connectivity index (χ0v) is 22.8. The second-order valence-electron chi connectivity index (χ2n) is 10.5. The molecule has 208 valence electrons. The molecule has 2 aromatic rings. The minimum atomic E-state index is -0.0504. The van der Waals surface area contributed by atoms with E-state index >= 15 is 0 Å². The van der Waals surface area contributed by atoms with Gasteiger partial charge in [-0.2, -0.15) is 0 Å². The van der Waals surface area contributed by atoms with Crippen molar-refractivity contribution in [1.29, 1.82) is 0 Å². The lowest BCUT2D eigenvalue weighted by Gasteiger charge is -2.15. The van der Waals surface area contributed by atoms with Crippen molar-refractivity contribution >= 4 is 35.0 Å². The van der Waals surface area contributed by atoms with Gasteiger partial charge in [-0.25, -0.2) is 0 Å². The van der Waals surface area contributed by atoms with Gasteiger partial charge >= 0.3 is 0 Å². The van der Waals surface area contributed by atoms with Crippen LogP contribution in [0, 0.1) is 0 Å². The first-order valence-corrected chi connectivity index (χ1v) is 14.4. The van der Waals surface area contributed by atoms with Crippen LogP contribution in [0.25, 0.3) is 0 Å². The molecule has 0 aromatic heterocycles. The van der Waals surface area contributed by atoms with E-state index in [1.807, 2.05) is 21.9 Å². The average Bonchev–Trinajstić information content (AvgIpc) is 3.67. The van der Waals surface area contributed by atoms with Crippen LogP contribution < -0.4 is 10.6 Å². The molecule has 2 aliphatic heterocycles. The van der Waals surface area contributed by atoms with Crippen LogP contribution >= 0.6 is 0 Å². The fourth-order valence-electron chi connectivity index (χ4n) is 5.21. The number of hydrogen-bond donors (Lipinski definition) is 2. The minimum Gasteiger partial charge on any atom is -0.339 e. The topological polar surface area (TPSA) is 98.8 Å². The molecule has 0 spiro atoms. The van der Waals surface area contributed by atoms with E-state index in [0.717, 1.165) is 84.0 Å². The molecule has 2 aromatic carbocycles. The van der Waals surface area contributed by atoms with Crippen molar-refractivity contribution in [2.24, 2.45) is 0 Å². The molecular weight excluding hydrogens is 492 g/mol. The monoisotopic (exact) mass is 532 g/mol. The van der Waals surface area contributed by atoms with Gasteiger partial charge in [-0.1, -0.05) is 31.4 Å². The molecule has 0 unspecified atom stereocenters. The van der Waals surface area contributed by atoms with E-state index in [1.54, 1.807) is 36.4 Å². The van der Waals surface area contributed by atoms with Crippen LogP contribution in [-0.4, -0.2) is 59.6 Å². The Bertz CT molecular complexity index is 1060. The first-order chi connectivity index (χ1) is 19.0. The van der Waals surface area contributed by atoms with E-state index in [0.29, 0.717) is 35.3 Å².